The number of hydrogen-bond donors (Lipinski definition) is 2. The van der Waals surface area contributed by atoms with Gasteiger partial charge in [0, 0.05) is 32.7 Å². The predicted molar refractivity (Wildman–Crippen MR) is 85.8 cm³/mol. The molecule has 3 N–H and O–H groups in total. The Morgan fingerprint density at radius 1 is 1.25 bits per heavy atom. The zero-order chi connectivity index (χ0) is 14.5. The summed E-state index contributed by atoms with van der Waals surface area (Å²) in [5.41, 5.74) is 8.37. The monoisotopic (exact) mass is 293 g/mol. The third-order valence-electron chi connectivity index (χ3n) is 3.85. The minimum Gasteiger partial charge on any atom is -0.395 e. The second kappa shape index (κ2) is 7.13. The highest BCUT2D eigenvalue weighted by atomic mass is 32.1. The zero-order valence-corrected chi connectivity index (χ0v) is 12.8. The maximum atomic E-state index is 8.99. The van der Waals surface area contributed by atoms with Gasteiger partial charge in [0.15, 0.2) is 0 Å². The molecule has 0 aliphatic carbocycles. The SMILES string of the molecule is Cc1ccc(C(C(N)=S)N2CCN(CCO)CC2)cc1. The van der Waals surface area contributed by atoms with Crippen molar-refractivity contribution in [2.24, 2.45) is 5.73 Å². The molecule has 1 saturated heterocycles. The first-order valence-electron chi connectivity index (χ1n) is 7.05. The van der Waals surface area contributed by atoms with Crippen LogP contribution in [-0.2, 0) is 0 Å². The number of β-amino-alcohol motifs (C(OH)–C–C–N with tert-alkyl or cyclic N) is 1. The van der Waals surface area contributed by atoms with E-state index in [-0.39, 0.29) is 12.6 Å². The number of thiocarbonyl (C=S) groups is 1. The van der Waals surface area contributed by atoms with E-state index >= 15 is 0 Å². The lowest BCUT2D eigenvalue weighted by atomic mass is 10.0. The van der Waals surface area contributed by atoms with Gasteiger partial charge in [0.1, 0.15) is 0 Å². The van der Waals surface area contributed by atoms with E-state index in [9.17, 15) is 0 Å². The Labute approximate surface area is 126 Å². The molecule has 110 valence electrons. The van der Waals surface area contributed by atoms with Gasteiger partial charge < -0.3 is 10.8 Å². The van der Waals surface area contributed by atoms with E-state index in [4.69, 9.17) is 23.1 Å². The number of aliphatic hydroxyl groups excluding tert-OH is 1. The number of nitrogens with two attached hydrogens (primary N) is 1. The molecule has 0 amide bonds. The molecule has 1 fully saturated rings. The van der Waals surface area contributed by atoms with Crippen LogP contribution >= 0.6 is 12.2 Å². The summed E-state index contributed by atoms with van der Waals surface area (Å²) in [6.45, 7) is 6.79. The first kappa shape index (κ1) is 15.4. The topological polar surface area (TPSA) is 52.7 Å². The van der Waals surface area contributed by atoms with Crippen LogP contribution in [0.2, 0.25) is 0 Å². The molecule has 0 saturated carbocycles. The fraction of sp³-hybridized carbons (Fsp3) is 0.533. The first-order chi connectivity index (χ1) is 9.61. The summed E-state index contributed by atoms with van der Waals surface area (Å²) in [5, 5.41) is 8.99. The maximum absolute atomic E-state index is 8.99. The molecule has 1 aliphatic heterocycles. The second-order valence-corrected chi connectivity index (χ2v) is 5.79. The molecule has 5 heteroatoms. The van der Waals surface area contributed by atoms with Crippen molar-refractivity contribution in [2.75, 3.05) is 39.3 Å². The molecule has 1 heterocycles. The Bertz CT molecular complexity index is 441. The number of benzene rings is 1. The molecule has 0 bridgehead atoms. The average molecular weight is 293 g/mol. The molecule has 2 rings (SSSR count). The summed E-state index contributed by atoms with van der Waals surface area (Å²) in [6, 6.07) is 8.44. The van der Waals surface area contributed by atoms with Crippen LogP contribution in [0.25, 0.3) is 0 Å². The highest BCUT2D eigenvalue weighted by molar-refractivity contribution is 7.80. The zero-order valence-electron chi connectivity index (χ0n) is 12.0. The lowest BCUT2D eigenvalue weighted by Crippen LogP contribution is -2.50. The fourth-order valence-electron chi connectivity index (χ4n) is 2.69. The summed E-state index contributed by atoms with van der Waals surface area (Å²) < 4.78 is 0. The van der Waals surface area contributed by atoms with E-state index in [1.54, 1.807) is 0 Å². The Balaban J connectivity index is 2.07. The lowest BCUT2D eigenvalue weighted by Gasteiger charge is -2.38. The normalized spacial score (nSPS) is 18.9. The van der Waals surface area contributed by atoms with E-state index < -0.39 is 0 Å². The number of aryl methyl sites for hydroxylation is 1. The van der Waals surface area contributed by atoms with E-state index in [1.807, 2.05) is 0 Å². The Hall–Kier alpha value is -1.01. The van der Waals surface area contributed by atoms with Crippen molar-refractivity contribution in [3.63, 3.8) is 0 Å². The van der Waals surface area contributed by atoms with Gasteiger partial charge in [-0.1, -0.05) is 42.0 Å². The largest absolute Gasteiger partial charge is 0.395 e. The minimum atomic E-state index is 0.0156. The number of piperazine rings is 1. The van der Waals surface area contributed by atoms with Crippen LogP contribution in [0.5, 0.6) is 0 Å². The third kappa shape index (κ3) is 3.76. The number of aliphatic hydroxyl groups is 1. The van der Waals surface area contributed by atoms with Gasteiger partial charge in [-0.3, -0.25) is 9.80 Å². The molecule has 0 aromatic heterocycles. The van der Waals surface area contributed by atoms with Gasteiger partial charge in [0.2, 0.25) is 0 Å². The van der Waals surface area contributed by atoms with Gasteiger partial charge in [0.05, 0.1) is 17.6 Å². The van der Waals surface area contributed by atoms with Gasteiger partial charge in [-0.25, -0.2) is 0 Å². The van der Waals surface area contributed by atoms with Crippen molar-refractivity contribution in [3.05, 3.63) is 35.4 Å². The Kier molecular flexibility index (Phi) is 5.48. The number of rotatable bonds is 5. The van der Waals surface area contributed by atoms with E-state index in [0.29, 0.717) is 4.99 Å². The van der Waals surface area contributed by atoms with Crippen LogP contribution in [0.4, 0.5) is 0 Å². The molecule has 20 heavy (non-hydrogen) atoms. The predicted octanol–water partition coefficient (Wildman–Crippen LogP) is 0.932. The Morgan fingerprint density at radius 3 is 2.35 bits per heavy atom. The summed E-state index contributed by atoms with van der Waals surface area (Å²) >= 11 is 5.28. The molecule has 1 aromatic rings. The average Bonchev–Trinajstić information content (AvgIpc) is 2.43. The summed E-state index contributed by atoms with van der Waals surface area (Å²) in [7, 11) is 0. The fourth-order valence-corrected chi connectivity index (χ4v) is 2.98. The van der Waals surface area contributed by atoms with Crippen LogP contribution in [0.15, 0.2) is 24.3 Å². The molecule has 4 nitrogen and oxygen atoms in total. The van der Waals surface area contributed by atoms with Gasteiger partial charge >= 0.3 is 0 Å². The minimum absolute atomic E-state index is 0.0156. The van der Waals surface area contributed by atoms with E-state index in [0.717, 1.165) is 32.7 Å². The molecular formula is C15H23N3OS. The summed E-state index contributed by atoms with van der Waals surface area (Å²) in [6.07, 6.45) is 0. The van der Waals surface area contributed by atoms with Crippen molar-refractivity contribution < 1.29 is 5.11 Å². The molecule has 0 radical (unpaired) electrons. The van der Waals surface area contributed by atoms with Crippen LogP contribution in [-0.4, -0.2) is 59.2 Å². The van der Waals surface area contributed by atoms with Crippen molar-refractivity contribution in [3.8, 4) is 0 Å². The Morgan fingerprint density at radius 2 is 1.85 bits per heavy atom. The summed E-state index contributed by atoms with van der Waals surface area (Å²) in [5.74, 6) is 0. The maximum Gasteiger partial charge on any atom is 0.0948 e. The second-order valence-electron chi connectivity index (χ2n) is 5.32. The van der Waals surface area contributed by atoms with Crippen LogP contribution in [0, 0.1) is 6.92 Å². The molecule has 0 spiro atoms. The lowest BCUT2D eigenvalue weighted by molar-refractivity contribution is 0.101. The van der Waals surface area contributed by atoms with Crippen LogP contribution in [0.1, 0.15) is 17.2 Å². The van der Waals surface area contributed by atoms with Gasteiger partial charge in [-0.05, 0) is 12.5 Å². The smallest absolute Gasteiger partial charge is 0.0948 e. The third-order valence-corrected chi connectivity index (χ3v) is 4.07. The van der Waals surface area contributed by atoms with Gasteiger partial charge in [-0.15, -0.1) is 0 Å². The molecule has 1 atom stereocenters. The van der Waals surface area contributed by atoms with Crippen molar-refractivity contribution in [1.82, 2.24) is 9.80 Å². The standard InChI is InChI=1S/C15H23N3OS/c1-12-2-4-13(5-3-12)14(15(16)20)18-8-6-17(7-9-18)10-11-19/h2-5,14,19H,6-11H2,1H3,(H2,16,20). The van der Waals surface area contributed by atoms with Crippen molar-refractivity contribution >= 4 is 17.2 Å². The number of hydrogen-bond acceptors (Lipinski definition) is 4. The van der Waals surface area contributed by atoms with Gasteiger partial charge in [0.25, 0.3) is 0 Å². The van der Waals surface area contributed by atoms with Crippen molar-refractivity contribution in [1.29, 1.82) is 0 Å². The molecule has 1 aliphatic rings. The highest BCUT2D eigenvalue weighted by Gasteiger charge is 2.26. The van der Waals surface area contributed by atoms with Gasteiger partial charge in [-0.2, -0.15) is 0 Å². The first-order valence-corrected chi connectivity index (χ1v) is 7.46. The molecular weight excluding hydrogens is 270 g/mol. The number of nitrogens with zero attached hydrogens (tertiary/aromatic N) is 2. The molecule has 1 aromatic carbocycles. The van der Waals surface area contributed by atoms with Crippen molar-refractivity contribution in [2.45, 2.75) is 13.0 Å². The summed E-state index contributed by atoms with van der Waals surface area (Å²) in [4.78, 5) is 5.13. The molecule has 1 unspecified atom stereocenters. The highest BCUT2D eigenvalue weighted by Crippen LogP contribution is 2.23. The van der Waals surface area contributed by atoms with E-state index in [1.165, 1.54) is 11.1 Å². The van der Waals surface area contributed by atoms with Crippen LogP contribution < -0.4 is 5.73 Å². The quantitative estimate of drug-likeness (QED) is 0.791. The van der Waals surface area contributed by atoms with Crippen LogP contribution in [0.3, 0.4) is 0 Å². The van der Waals surface area contributed by atoms with E-state index in [2.05, 4.69) is 41.0 Å².